The van der Waals surface area contributed by atoms with Crippen molar-refractivity contribution in [3.05, 3.63) is 34.3 Å². The van der Waals surface area contributed by atoms with Gasteiger partial charge in [-0.3, -0.25) is 9.59 Å². The van der Waals surface area contributed by atoms with Crippen LogP contribution in [0, 0.1) is 0 Å². The molecule has 0 bridgehead atoms. The molecule has 0 aliphatic heterocycles. The van der Waals surface area contributed by atoms with E-state index in [0.717, 1.165) is 29.3 Å². The van der Waals surface area contributed by atoms with E-state index in [1.807, 2.05) is 31.2 Å². The lowest BCUT2D eigenvalue weighted by Crippen LogP contribution is -2.47. The summed E-state index contributed by atoms with van der Waals surface area (Å²) in [5.41, 5.74) is 1.01. The van der Waals surface area contributed by atoms with Gasteiger partial charge in [0.2, 0.25) is 11.8 Å². The van der Waals surface area contributed by atoms with Gasteiger partial charge in [0.25, 0.3) is 0 Å². The van der Waals surface area contributed by atoms with Gasteiger partial charge < -0.3 is 10.2 Å². The normalized spacial score (nSPS) is 11.8. The van der Waals surface area contributed by atoms with E-state index < -0.39 is 6.04 Å². The van der Waals surface area contributed by atoms with Gasteiger partial charge >= 0.3 is 0 Å². The van der Waals surface area contributed by atoms with E-state index in [1.165, 1.54) is 0 Å². The molecular formula is C18H27BrN2O2. The summed E-state index contributed by atoms with van der Waals surface area (Å²) in [5.74, 6) is -0.0662. The summed E-state index contributed by atoms with van der Waals surface area (Å²) in [4.78, 5) is 26.4. The van der Waals surface area contributed by atoms with Crippen molar-refractivity contribution in [3.63, 3.8) is 0 Å². The number of hydrogen-bond donors (Lipinski definition) is 1. The Labute approximate surface area is 147 Å². The van der Waals surface area contributed by atoms with Crippen LogP contribution in [0.5, 0.6) is 0 Å². The van der Waals surface area contributed by atoms with Gasteiger partial charge in [-0.1, -0.05) is 48.3 Å². The van der Waals surface area contributed by atoms with Gasteiger partial charge in [0.1, 0.15) is 6.04 Å². The van der Waals surface area contributed by atoms with Crippen LogP contribution in [-0.4, -0.2) is 29.3 Å². The molecular weight excluding hydrogens is 356 g/mol. The van der Waals surface area contributed by atoms with Crippen LogP contribution in [0.3, 0.4) is 0 Å². The highest BCUT2D eigenvalue weighted by molar-refractivity contribution is 9.10. The van der Waals surface area contributed by atoms with Crippen molar-refractivity contribution in [1.29, 1.82) is 0 Å². The fourth-order valence-corrected chi connectivity index (χ4v) is 2.75. The molecule has 0 aliphatic rings. The third-order valence-corrected chi connectivity index (χ3v) is 4.20. The molecule has 4 nitrogen and oxygen atoms in total. The first-order valence-corrected chi connectivity index (χ1v) is 9.10. The van der Waals surface area contributed by atoms with Crippen LogP contribution in [0.2, 0.25) is 0 Å². The predicted octanol–water partition coefficient (Wildman–Crippen LogP) is 3.88. The summed E-state index contributed by atoms with van der Waals surface area (Å²) in [6, 6.07) is 7.37. The first kappa shape index (κ1) is 19.7. The summed E-state index contributed by atoms with van der Waals surface area (Å²) >= 11 is 3.45. The Kier molecular flexibility index (Phi) is 8.92. The van der Waals surface area contributed by atoms with Crippen molar-refractivity contribution in [3.8, 4) is 0 Å². The van der Waals surface area contributed by atoms with Gasteiger partial charge in [-0.15, -0.1) is 0 Å². The van der Waals surface area contributed by atoms with E-state index in [4.69, 9.17) is 0 Å². The Morgan fingerprint density at radius 3 is 2.61 bits per heavy atom. The second kappa shape index (κ2) is 10.4. The van der Waals surface area contributed by atoms with Crippen LogP contribution in [0.15, 0.2) is 28.7 Å². The molecule has 0 saturated carbocycles. The van der Waals surface area contributed by atoms with Crippen molar-refractivity contribution in [2.75, 3.05) is 6.54 Å². The Morgan fingerprint density at radius 1 is 1.26 bits per heavy atom. The van der Waals surface area contributed by atoms with Crippen molar-refractivity contribution < 1.29 is 9.59 Å². The van der Waals surface area contributed by atoms with Gasteiger partial charge in [-0.2, -0.15) is 0 Å². The van der Waals surface area contributed by atoms with Crippen LogP contribution in [0.4, 0.5) is 0 Å². The topological polar surface area (TPSA) is 49.4 Å². The monoisotopic (exact) mass is 382 g/mol. The SMILES string of the molecule is CCCCNC(=O)[C@H](C)N(Cc1cccc(Br)c1)C(=O)CCC. The lowest BCUT2D eigenvalue weighted by Gasteiger charge is -2.29. The maximum atomic E-state index is 12.4. The van der Waals surface area contributed by atoms with Gasteiger partial charge in [-0.25, -0.2) is 0 Å². The molecule has 0 fully saturated rings. The largest absolute Gasteiger partial charge is 0.354 e. The predicted molar refractivity (Wildman–Crippen MR) is 97.0 cm³/mol. The molecule has 1 atom stereocenters. The summed E-state index contributed by atoms with van der Waals surface area (Å²) in [7, 11) is 0. The Morgan fingerprint density at radius 2 is 2.00 bits per heavy atom. The third-order valence-electron chi connectivity index (χ3n) is 3.70. The molecule has 1 aromatic rings. The number of nitrogens with zero attached hydrogens (tertiary/aromatic N) is 1. The Balaban J connectivity index is 2.82. The molecule has 0 heterocycles. The van der Waals surface area contributed by atoms with Crippen LogP contribution >= 0.6 is 15.9 Å². The average molecular weight is 383 g/mol. The van der Waals surface area contributed by atoms with Gasteiger partial charge in [-0.05, 0) is 37.5 Å². The molecule has 0 unspecified atom stereocenters. The Hall–Kier alpha value is -1.36. The Bertz CT molecular complexity index is 519. The molecule has 0 radical (unpaired) electrons. The third kappa shape index (κ3) is 6.73. The van der Waals surface area contributed by atoms with Crippen molar-refractivity contribution >= 4 is 27.7 Å². The van der Waals surface area contributed by atoms with Crippen molar-refractivity contribution in [2.24, 2.45) is 0 Å². The molecule has 1 aromatic carbocycles. The fraction of sp³-hybridized carbons (Fsp3) is 0.556. The second-order valence-corrected chi connectivity index (χ2v) is 6.64. The van der Waals surface area contributed by atoms with Crippen molar-refractivity contribution in [2.45, 2.75) is 59.0 Å². The molecule has 1 rings (SSSR count). The van der Waals surface area contributed by atoms with Crippen LogP contribution in [-0.2, 0) is 16.1 Å². The van der Waals surface area contributed by atoms with Gasteiger partial charge in [0.15, 0.2) is 0 Å². The van der Waals surface area contributed by atoms with Crippen LogP contribution in [0.1, 0.15) is 52.0 Å². The number of unbranched alkanes of at least 4 members (excludes halogenated alkanes) is 1. The number of hydrogen-bond acceptors (Lipinski definition) is 2. The number of rotatable bonds is 9. The number of benzene rings is 1. The van der Waals surface area contributed by atoms with Crippen molar-refractivity contribution in [1.82, 2.24) is 10.2 Å². The van der Waals surface area contributed by atoms with Crippen LogP contribution < -0.4 is 5.32 Å². The zero-order chi connectivity index (χ0) is 17.2. The zero-order valence-electron chi connectivity index (χ0n) is 14.3. The summed E-state index contributed by atoms with van der Waals surface area (Å²) < 4.78 is 0.970. The zero-order valence-corrected chi connectivity index (χ0v) is 15.9. The second-order valence-electron chi connectivity index (χ2n) is 5.72. The molecule has 5 heteroatoms. The highest BCUT2D eigenvalue weighted by Crippen LogP contribution is 2.16. The molecule has 0 aromatic heterocycles. The lowest BCUT2D eigenvalue weighted by atomic mass is 10.1. The number of carbonyl (C=O) groups excluding carboxylic acids is 2. The summed E-state index contributed by atoms with van der Waals surface area (Å²) in [6.07, 6.45) is 3.22. The summed E-state index contributed by atoms with van der Waals surface area (Å²) in [5, 5.41) is 2.92. The van der Waals surface area contributed by atoms with Gasteiger partial charge in [0, 0.05) is 24.0 Å². The minimum atomic E-state index is -0.468. The quantitative estimate of drug-likeness (QED) is 0.658. The molecule has 128 valence electrons. The standard InChI is InChI=1S/C18H27BrN2O2/c1-4-6-11-20-18(23)14(3)21(17(22)8-5-2)13-15-9-7-10-16(19)12-15/h7,9-10,12,14H,4-6,8,11,13H2,1-3H3,(H,20,23)/t14-/m0/s1. The fourth-order valence-electron chi connectivity index (χ4n) is 2.31. The van der Waals surface area contributed by atoms with E-state index in [1.54, 1.807) is 11.8 Å². The number of nitrogens with one attached hydrogen (secondary N) is 1. The molecule has 23 heavy (non-hydrogen) atoms. The molecule has 0 aliphatic carbocycles. The molecule has 0 spiro atoms. The van der Waals surface area contributed by atoms with Gasteiger partial charge in [0.05, 0.1) is 0 Å². The molecule has 1 N–H and O–H groups in total. The van der Waals surface area contributed by atoms with E-state index >= 15 is 0 Å². The maximum absolute atomic E-state index is 12.4. The minimum Gasteiger partial charge on any atom is -0.354 e. The van der Waals surface area contributed by atoms with E-state index in [-0.39, 0.29) is 11.8 Å². The van der Waals surface area contributed by atoms with E-state index in [9.17, 15) is 9.59 Å². The van der Waals surface area contributed by atoms with E-state index in [2.05, 4.69) is 28.2 Å². The summed E-state index contributed by atoms with van der Waals surface area (Å²) in [6.45, 7) is 6.96. The van der Waals surface area contributed by atoms with Crippen LogP contribution in [0.25, 0.3) is 0 Å². The number of amides is 2. The average Bonchev–Trinajstić information content (AvgIpc) is 2.52. The minimum absolute atomic E-state index is 0.0191. The highest BCUT2D eigenvalue weighted by atomic mass is 79.9. The molecule has 0 saturated heterocycles. The number of carbonyl (C=O) groups is 2. The van der Waals surface area contributed by atoms with E-state index in [0.29, 0.717) is 19.5 Å². The lowest BCUT2D eigenvalue weighted by molar-refractivity contribution is -0.140. The number of halogens is 1. The first-order valence-electron chi connectivity index (χ1n) is 8.31. The molecule has 2 amide bonds. The highest BCUT2D eigenvalue weighted by Gasteiger charge is 2.25. The smallest absolute Gasteiger partial charge is 0.242 e. The maximum Gasteiger partial charge on any atom is 0.242 e. The first-order chi connectivity index (χ1) is 11.0.